The van der Waals surface area contributed by atoms with Gasteiger partial charge in [0, 0.05) is 6.08 Å². The summed E-state index contributed by atoms with van der Waals surface area (Å²) >= 11 is 0. The Balaban J connectivity index is 1.97. The van der Waals surface area contributed by atoms with Crippen LogP contribution in [-0.4, -0.2) is 75.9 Å². The monoisotopic (exact) mass is 290 g/mol. The van der Waals surface area contributed by atoms with Crippen molar-refractivity contribution in [3.8, 4) is 0 Å². The standard InChI is InChI=1S/C12H18O8/c1-5(6-2-3-8(14)19-6)18-12-11(17)10(16)9(15)7(4-13)20-12/h2-3,5-7,9-13,15-17H,4H2,1H3/t5-,6-,7-,9-,10+,11-,12-/m1/s1. The second-order valence-electron chi connectivity index (χ2n) is 4.80. The molecular weight excluding hydrogens is 272 g/mol. The van der Waals surface area contributed by atoms with Crippen molar-refractivity contribution in [3.05, 3.63) is 12.2 Å². The quantitative estimate of drug-likeness (QED) is 0.425. The Bertz CT molecular complexity index is 382. The Hall–Kier alpha value is -1.03. The van der Waals surface area contributed by atoms with Gasteiger partial charge in [-0.15, -0.1) is 0 Å². The van der Waals surface area contributed by atoms with Crippen molar-refractivity contribution < 1.29 is 39.4 Å². The third-order valence-corrected chi connectivity index (χ3v) is 3.33. The highest BCUT2D eigenvalue weighted by Crippen LogP contribution is 2.24. The molecule has 0 bridgehead atoms. The fourth-order valence-corrected chi connectivity index (χ4v) is 2.11. The number of ether oxygens (including phenoxy) is 3. The number of cyclic esters (lactones) is 1. The van der Waals surface area contributed by atoms with Crippen LogP contribution < -0.4 is 0 Å². The van der Waals surface area contributed by atoms with Crippen LogP contribution in [0.25, 0.3) is 0 Å². The van der Waals surface area contributed by atoms with Crippen molar-refractivity contribution in [1.29, 1.82) is 0 Å². The Morgan fingerprint density at radius 3 is 2.55 bits per heavy atom. The van der Waals surface area contributed by atoms with E-state index in [2.05, 4.69) is 0 Å². The molecule has 2 rings (SSSR count). The van der Waals surface area contributed by atoms with Gasteiger partial charge in [0.05, 0.1) is 12.7 Å². The largest absolute Gasteiger partial charge is 0.452 e. The third kappa shape index (κ3) is 3.00. The molecular formula is C12H18O8. The minimum Gasteiger partial charge on any atom is -0.452 e. The Morgan fingerprint density at radius 1 is 1.30 bits per heavy atom. The van der Waals surface area contributed by atoms with Gasteiger partial charge >= 0.3 is 5.97 Å². The highest BCUT2D eigenvalue weighted by molar-refractivity contribution is 5.84. The number of rotatable bonds is 4. The minimum absolute atomic E-state index is 0.487. The fourth-order valence-electron chi connectivity index (χ4n) is 2.11. The molecule has 0 aliphatic carbocycles. The van der Waals surface area contributed by atoms with Crippen LogP contribution in [0.1, 0.15) is 6.92 Å². The summed E-state index contributed by atoms with van der Waals surface area (Å²) in [6, 6.07) is 0. The first-order valence-electron chi connectivity index (χ1n) is 6.29. The molecule has 20 heavy (non-hydrogen) atoms. The Labute approximate surface area is 115 Å². The molecule has 2 aliphatic rings. The van der Waals surface area contributed by atoms with Gasteiger partial charge in [-0.3, -0.25) is 0 Å². The van der Waals surface area contributed by atoms with Crippen molar-refractivity contribution >= 4 is 5.97 Å². The summed E-state index contributed by atoms with van der Waals surface area (Å²) in [7, 11) is 0. The highest BCUT2D eigenvalue weighted by atomic mass is 16.7. The second-order valence-corrected chi connectivity index (χ2v) is 4.80. The van der Waals surface area contributed by atoms with Gasteiger partial charge in [0.15, 0.2) is 6.29 Å². The van der Waals surface area contributed by atoms with E-state index < -0.39 is 55.5 Å². The maximum absolute atomic E-state index is 11.0. The lowest BCUT2D eigenvalue weighted by atomic mass is 9.99. The number of esters is 1. The zero-order valence-corrected chi connectivity index (χ0v) is 10.8. The van der Waals surface area contributed by atoms with E-state index in [0.29, 0.717) is 0 Å². The van der Waals surface area contributed by atoms with Gasteiger partial charge in [-0.1, -0.05) is 0 Å². The average Bonchev–Trinajstić information content (AvgIpc) is 2.86. The molecule has 4 N–H and O–H groups in total. The van der Waals surface area contributed by atoms with Crippen LogP contribution in [0, 0.1) is 0 Å². The molecule has 0 spiro atoms. The number of aliphatic hydroxyl groups is 4. The smallest absolute Gasteiger partial charge is 0.331 e. The molecule has 0 radical (unpaired) electrons. The van der Waals surface area contributed by atoms with Gasteiger partial charge in [0.25, 0.3) is 0 Å². The van der Waals surface area contributed by atoms with Gasteiger partial charge in [-0.2, -0.15) is 0 Å². The zero-order chi connectivity index (χ0) is 14.9. The van der Waals surface area contributed by atoms with Crippen molar-refractivity contribution in [1.82, 2.24) is 0 Å². The minimum atomic E-state index is -1.50. The van der Waals surface area contributed by atoms with Crippen molar-refractivity contribution in [2.75, 3.05) is 6.61 Å². The highest BCUT2D eigenvalue weighted by Gasteiger charge is 2.45. The first-order chi connectivity index (χ1) is 9.43. The van der Waals surface area contributed by atoms with Gasteiger partial charge in [0.1, 0.15) is 30.5 Å². The number of carbonyl (C=O) groups is 1. The summed E-state index contributed by atoms with van der Waals surface area (Å²) < 4.78 is 15.5. The molecule has 0 saturated carbocycles. The average molecular weight is 290 g/mol. The SMILES string of the molecule is C[C@@H](O[C@@H]1O[C@H](CO)[C@@H](O)[C@H](O)[C@H]1O)[C@H]1C=CC(=O)O1. The summed E-state index contributed by atoms with van der Waals surface area (Å²) in [5.41, 5.74) is 0. The van der Waals surface area contributed by atoms with Crippen LogP contribution in [0.4, 0.5) is 0 Å². The maximum atomic E-state index is 11.0. The van der Waals surface area contributed by atoms with E-state index in [1.807, 2.05) is 0 Å². The number of carbonyl (C=O) groups excluding carboxylic acids is 1. The van der Waals surface area contributed by atoms with Crippen molar-refractivity contribution in [2.24, 2.45) is 0 Å². The van der Waals surface area contributed by atoms with E-state index >= 15 is 0 Å². The van der Waals surface area contributed by atoms with Crippen LogP contribution in [0.2, 0.25) is 0 Å². The lowest BCUT2D eigenvalue weighted by molar-refractivity contribution is -0.313. The summed E-state index contributed by atoms with van der Waals surface area (Å²) in [5.74, 6) is -0.487. The molecule has 0 aromatic heterocycles. The van der Waals surface area contributed by atoms with Crippen LogP contribution in [-0.2, 0) is 19.0 Å². The van der Waals surface area contributed by atoms with E-state index in [9.17, 15) is 20.1 Å². The zero-order valence-electron chi connectivity index (χ0n) is 10.8. The second kappa shape index (κ2) is 6.17. The lowest BCUT2D eigenvalue weighted by Gasteiger charge is -2.40. The van der Waals surface area contributed by atoms with Gasteiger partial charge in [-0.25, -0.2) is 4.79 Å². The van der Waals surface area contributed by atoms with Crippen LogP contribution in [0.3, 0.4) is 0 Å². The molecule has 2 heterocycles. The fraction of sp³-hybridized carbons (Fsp3) is 0.750. The molecule has 8 heteroatoms. The number of aliphatic hydroxyl groups excluding tert-OH is 4. The molecule has 0 aromatic rings. The maximum Gasteiger partial charge on any atom is 0.331 e. The predicted molar refractivity (Wildman–Crippen MR) is 63.3 cm³/mol. The van der Waals surface area contributed by atoms with E-state index in [0.717, 1.165) is 0 Å². The van der Waals surface area contributed by atoms with E-state index in [4.69, 9.17) is 19.3 Å². The summed E-state index contributed by atoms with van der Waals surface area (Å²) in [6.07, 6.45) is -5.16. The molecule has 2 aliphatic heterocycles. The van der Waals surface area contributed by atoms with E-state index in [1.165, 1.54) is 12.2 Å². The summed E-state index contributed by atoms with van der Waals surface area (Å²) in [4.78, 5) is 11.0. The number of hydrogen-bond donors (Lipinski definition) is 4. The van der Waals surface area contributed by atoms with Gasteiger partial charge in [-0.05, 0) is 13.0 Å². The van der Waals surface area contributed by atoms with Gasteiger partial charge in [0.2, 0.25) is 0 Å². The molecule has 0 amide bonds. The molecule has 0 aromatic carbocycles. The molecule has 0 unspecified atom stereocenters. The predicted octanol–water partition coefficient (Wildman–Crippen LogP) is -2.33. The molecule has 8 nitrogen and oxygen atoms in total. The molecule has 1 saturated heterocycles. The van der Waals surface area contributed by atoms with Crippen LogP contribution in [0.15, 0.2) is 12.2 Å². The van der Waals surface area contributed by atoms with Crippen LogP contribution in [0.5, 0.6) is 0 Å². The molecule has 1 fully saturated rings. The molecule has 7 atom stereocenters. The summed E-state index contributed by atoms with van der Waals surface area (Å²) in [6.45, 7) is 1.08. The first-order valence-corrected chi connectivity index (χ1v) is 6.29. The van der Waals surface area contributed by atoms with Crippen molar-refractivity contribution in [3.63, 3.8) is 0 Å². The first kappa shape index (κ1) is 15.4. The number of hydrogen-bond acceptors (Lipinski definition) is 8. The van der Waals surface area contributed by atoms with Crippen molar-refractivity contribution in [2.45, 2.75) is 49.8 Å². The van der Waals surface area contributed by atoms with Crippen LogP contribution >= 0.6 is 0 Å². The normalized spacial score (nSPS) is 42.5. The topological polar surface area (TPSA) is 126 Å². The van der Waals surface area contributed by atoms with E-state index in [1.54, 1.807) is 6.92 Å². The van der Waals surface area contributed by atoms with E-state index in [-0.39, 0.29) is 0 Å². The third-order valence-electron chi connectivity index (χ3n) is 3.33. The Morgan fingerprint density at radius 2 is 2.00 bits per heavy atom. The van der Waals surface area contributed by atoms with Gasteiger partial charge < -0.3 is 34.6 Å². The lowest BCUT2D eigenvalue weighted by Crippen LogP contribution is -2.60. The molecule has 114 valence electrons. The summed E-state index contributed by atoms with van der Waals surface area (Å²) in [5, 5.41) is 38.1. The Kier molecular flexibility index (Phi) is 4.74.